The molecule has 0 aromatic carbocycles. The first-order chi connectivity index (χ1) is 6.95. The Kier molecular flexibility index (Phi) is 1.44. The van der Waals surface area contributed by atoms with Gasteiger partial charge >= 0.3 is 0 Å². The Hall–Kier alpha value is -2.03. The summed E-state index contributed by atoms with van der Waals surface area (Å²) in [5.74, 6) is 0. The minimum atomic E-state index is 0.888. The molecule has 3 rings (SSSR count). The standard InChI is InChI=1S/C11H7N3/c1-3-8-10(12-5-1)7-14-9-4-2-6-13-11(8)9/h1-7H. The van der Waals surface area contributed by atoms with Crippen LogP contribution in [0.25, 0.3) is 21.9 Å². The molecule has 3 heterocycles. The molecule has 0 spiro atoms. The summed E-state index contributed by atoms with van der Waals surface area (Å²) >= 11 is 0. The van der Waals surface area contributed by atoms with Gasteiger partial charge in [-0.05, 0) is 24.3 Å². The number of hydrogen-bond donors (Lipinski definition) is 0. The first kappa shape index (κ1) is 7.38. The summed E-state index contributed by atoms with van der Waals surface area (Å²) in [7, 11) is 0. The average Bonchev–Trinajstić information content (AvgIpc) is 2.29. The van der Waals surface area contributed by atoms with Crippen LogP contribution in [0, 0.1) is 0 Å². The number of nitrogens with zero attached hydrogens (tertiary/aromatic N) is 3. The van der Waals surface area contributed by atoms with Crippen LogP contribution in [0.1, 0.15) is 0 Å². The molecule has 66 valence electrons. The molecule has 0 amide bonds. The first-order valence-corrected chi connectivity index (χ1v) is 4.39. The van der Waals surface area contributed by atoms with Gasteiger partial charge in [-0.3, -0.25) is 15.0 Å². The molecule has 3 aromatic rings. The maximum absolute atomic E-state index is 4.31. The highest BCUT2D eigenvalue weighted by atomic mass is 14.8. The Bertz CT molecular complexity index is 550. The minimum absolute atomic E-state index is 0.888. The smallest absolute Gasteiger partial charge is 0.0980 e. The lowest BCUT2D eigenvalue weighted by Crippen LogP contribution is -1.85. The van der Waals surface area contributed by atoms with Gasteiger partial charge in [-0.25, -0.2) is 0 Å². The molecule has 3 nitrogen and oxygen atoms in total. The highest BCUT2D eigenvalue weighted by Gasteiger charge is 2.01. The Balaban J connectivity index is 2.61. The molecule has 0 saturated carbocycles. The molecule has 0 bridgehead atoms. The van der Waals surface area contributed by atoms with Crippen molar-refractivity contribution in [3.8, 4) is 0 Å². The van der Waals surface area contributed by atoms with Crippen molar-refractivity contribution in [2.24, 2.45) is 0 Å². The second-order valence-corrected chi connectivity index (χ2v) is 3.07. The van der Waals surface area contributed by atoms with E-state index in [2.05, 4.69) is 15.0 Å². The summed E-state index contributed by atoms with van der Waals surface area (Å²) < 4.78 is 0. The summed E-state index contributed by atoms with van der Waals surface area (Å²) in [5, 5.41) is 1.05. The van der Waals surface area contributed by atoms with Gasteiger partial charge < -0.3 is 0 Å². The van der Waals surface area contributed by atoms with Crippen LogP contribution in [-0.4, -0.2) is 15.0 Å². The maximum atomic E-state index is 4.31. The molecule has 0 unspecified atom stereocenters. The van der Waals surface area contributed by atoms with E-state index in [-0.39, 0.29) is 0 Å². The normalized spacial score (nSPS) is 10.9. The predicted octanol–water partition coefficient (Wildman–Crippen LogP) is 2.18. The molecular formula is C11H7N3. The van der Waals surface area contributed by atoms with Crippen molar-refractivity contribution in [1.29, 1.82) is 0 Å². The van der Waals surface area contributed by atoms with Crippen molar-refractivity contribution < 1.29 is 0 Å². The maximum Gasteiger partial charge on any atom is 0.0980 e. The number of aromatic nitrogens is 3. The van der Waals surface area contributed by atoms with Gasteiger partial charge in [-0.15, -0.1) is 0 Å². The van der Waals surface area contributed by atoms with Crippen LogP contribution < -0.4 is 0 Å². The molecule has 0 radical (unpaired) electrons. The quantitative estimate of drug-likeness (QED) is 0.499. The zero-order chi connectivity index (χ0) is 9.38. The van der Waals surface area contributed by atoms with Crippen LogP contribution in [0.4, 0.5) is 0 Å². The van der Waals surface area contributed by atoms with Gasteiger partial charge in [0.1, 0.15) is 0 Å². The minimum Gasteiger partial charge on any atom is -0.255 e. The first-order valence-electron chi connectivity index (χ1n) is 4.39. The highest BCUT2D eigenvalue weighted by Crippen LogP contribution is 2.18. The summed E-state index contributed by atoms with van der Waals surface area (Å²) in [6, 6.07) is 7.77. The summed E-state index contributed by atoms with van der Waals surface area (Å²) in [4.78, 5) is 12.8. The van der Waals surface area contributed by atoms with Gasteiger partial charge in [-0.1, -0.05) is 0 Å². The second kappa shape index (κ2) is 2.73. The third kappa shape index (κ3) is 0.956. The largest absolute Gasteiger partial charge is 0.255 e. The molecule has 0 aliphatic heterocycles. The Morgan fingerprint density at radius 2 is 1.64 bits per heavy atom. The lowest BCUT2D eigenvalue weighted by molar-refractivity contribution is 1.32. The van der Waals surface area contributed by atoms with Gasteiger partial charge in [0.25, 0.3) is 0 Å². The van der Waals surface area contributed by atoms with Gasteiger partial charge in [0, 0.05) is 17.8 Å². The molecule has 14 heavy (non-hydrogen) atoms. The van der Waals surface area contributed by atoms with E-state index in [1.54, 1.807) is 18.6 Å². The summed E-state index contributed by atoms with van der Waals surface area (Å²) in [5.41, 5.74) is 2.71. The fourth-order valence-corrected chi connectivity index (χ4v) is 1.56. The van der Waals surface area contributed by atoms with Crippen molar-refractivity contribution in [3.05, 3.63) is 42.9 Å². The SMILES string of the molecule is c1cnc2c(c1)ncc1ncccc12. The molecular weight excluding hydrogens is 174 g/mol. The van der Waals surface area contributed by atoms with Crippen LogP contribution in [0.3, 0.4) is 0 Å². The van der Waals surface area contributed by atoms with E-state index >= 15 is 0 Å². The van der Waals surface area contributed by atoms with E-state index in [0.29, 0.717) is 0 Å². The van der Waals surface area contributed by atoms with E-state index in [1.165, 1.54) is 0 Å². The van der Waals surface area contributed by atoms with Crippen molar-refractivity contribution in [2.75, 3.05) is 0 Å². The number of pyridine rings is 3. The molecule has 0 aliphatic rings. The van der Waals surface area contributed by atoms with E-state index < -0.39 is 0 Å². The number of hydrogen-bond acceptors (Lipinski definition) is 3. The predicted molar refractivity (Wildman–Crippen MR) is 54.8 cm³/mol. The van der Waals surface area contributed by atoms with Crippen LogP contribution in [0.15, 0.2) is 42.9 Å². The van der Waals surface area contributed by atoms with E-state index in [9.17, 15) is 0 Å². The zero-order valence-corrected chi connectivity index (χ0v) is 7.38. The Morgan fingerprint density at radius 3 is 2.64 bits per heavy atom. The molecule has 0 atom stereocenters. The van der Waals surface area contributed by atoms with Crippen LogP contribution in [0.2, 0.25) is 0 Å². The summed E-state index contributed by atoms with van der Waals surface area (Å²) in [6.45, 7) is 0. The van der Waals surface area contributed by atoms with E-state index in [4.69, 9.17) is 0 Å². The lowest BCUT2D eigenvalue weighted by Gasteiger charge is -1.99. The highest BCUT2D eigenvalue weighted by molar-refractivity contribution is 6.00. The molecule has 0 saturated heterocycles. The zero-order valence-electron chi connectivity index (χ0n) is 7.38. The Labute approximate surface area is 80.5 Å². The third-order valence-corrected chi connectivity index (χ3v) is 2.21. The fraction of sp³-hybridized carbons (Fsp3) is 0. The molecule has 3 aromatic heterocycles. The number of fused-ring (bicyclic) bond motifs is 3. The van der Waals surface area contributed by atoms with Crippen LogP contribution >= 0.6 is 0 Å². The molecule has 0 aliphatic carbocycles. The number of rotatable bonds is 0. The Morgan fingerprint density at radius 1 is 0.786 bits per heavy atom. The van der Waals surface area contributed by atoms with Crippen molar-refractivity contribution in [2.45, 2.75) is 0 Å². The van der Waals surface area contributed by atoms with E-state index in [1.807, 2.05) is 24.3 Å². The topological polar surface area (TPSA) is 38.7 Å². The molecule has 3 heteroatoms. The third-order valence-electron chi connectivity index (χ3n) is 2.21. The van der Waals surface area contributed by atoms with Crippen LogP contribution in [-0.2, 0) is 0 Å². The van der Waals surface area contributed by atoms with Crippen molar-refractivity contribution in [1.82, 2.24) is 15.0 Å². The van der Waals surface area contributed by atoms with Crippen molar-refractivity contribution >= 4 is 21.9 Å². The van der Waals surface area contributed by atoms with Gasteiger partial charge in [0.15, 0.2) is 0 Å². The van der Waals surface area contributed by atoms with Gasteiger partial charge in [0.05, 0.1) is 22.7 Å². The molecule has 0 fully saturated rings. The monoisotopic (exact) mass is 181 g/mol. The van der Waals surface area contributed by atoms with Gasteiger partial charge in [-0.2, -0.15) is 0 Å². The summed E-state index contributed by atoms with van der Waals surface area (Å²) in [6.07, 6.45) is 5.31. The average molecular weight is 181 g/mol. The van der Waals surface area contributed by atoms with Gasteiger partial charge in [0.2, 0.25) is 0 Å². The van der Waals surface area contributed by atoms with E-state index in [0.717, 1.165) is 21.9 Å². The van der Waals surface area contributed by atoms with Crippen molar-refractivity contribution in [3.63, 3.8) is 0 Å². The fourth-order valence-electron chi connectivity index (χ4n) is 1.56. The lowest BCUT2D eigenvalue weighted by atomic mass is 10.2. The second-order valence-electron chi connectivity index (χ2n) is 3.07. The van der Waals surface area contributed by atoms with Crippen LogP contribution in [0.5, 0.6) is 0 Å². The molecule has 0 N–H and O–H groups in total.